The topological polar surface area (TPSA) is 39.4 Å². The van der Waals surface area contributed by atoms with Gasteiger partial charge in [-0.25, -0.2) is 9.18 Å². The summed E-state index contributed by atoms with van der Waals surface area (Å²) < 4.78 is 24.1. The van der Waals surface area contributed by atoms with Crippen LogP contribution in [0.2, 0.25) is 0 Å². The lowest BCUT2D eigenvalue weighted by Crippen LogP contribution is -2.04. The molecule has 2 aromatic carbocycles. The number of esters is 1. The molecule has 0 fully saturated rings. The van der Waals surface area contributed by atoms with Crippen LogP contribution in [0.1, 0.15) is 17.3 Å². The summed E-state index contributed by atoms with van der Waals surface area (Å²) in [6.07, 6.45) is 0. The molecule has 1 heterocycles. The lowest BCUT2D eigenvalue weighted by molar-refractivity contribution is 0.0527. The second-order valence-electron chi connectivity index (χ2n) is 4.95. The summed E-state index contributed by atoms with van der Waals surface area (Å²) in [5, 5.41) is 0. The van der Waals surface area contributed by atoms with Crippen molar-refractivity contribution in [1.29, 1.82) is 0 Å². The molecule has 0 unspecified atom stereocenters. The van der Waals surface area contributed by atoms with Crippen molar-refractivity contribution in [3.05, 3.63) is 72.0 Å². The maximum Gasteiger partial charge on any atom is 0.342 e. The fraction of sp³-hybridized carbons (Fsp3) is 0.105. The summed E-state index contributed by atoms with van der Waals surface area (Å²) in [5.74, 6) is 0.134. The van der Waals surface area contributed by atoms with E-state index in [0.717, 1.165) is 5.56 Å². The smallest absolute Gasteiger partial charge is 0.342 e. The highest BCUT2D eigenvalue weighted by atomic mass is 19.1. The van der Waals surface area contributed by atoms with Gasteiger partial charge >= 0.3 is 5.97 Å². The predicted octanol–water partition coefficient (Wildman–Crippen LogP) is 4.93. The van der Waals surface area contributed by atoms with Gasteiger partial charge in [0.05, 0.1) is 6.61 Å². The molecule has 0 spiro atoms. The van der Waals surface area contributed by atoms with Gasteiger partial charge in [-0.3, -0.25) is 0 Å². The van der Waals surface area contributed by atoms with Gasteiger partial charge in [0.25, 0.3) is 0 Å². The number of furan rings is 1. The van der Waals surface area contributed by atoms with Crippen LogP contribution in [0.3, 0.4) is 0 Å². The normalized spacial score (nSPS) is 10.5. The molecule has 3 aromatic rings. The van der Waals surface area contributed by atoms with Crippen molar-refractivity contribution >= 4 is 5.97 Å². The second kappa shape index (κ2) is 6.48. The van der Waals surface area contributed by atoms with E-state index in [1.807, 2.05) is 30.3 Å². The average molecular weight is 310 g/mol. The van der Waals surface area contributed by atoms with Crippen LogP contribution in [0.25, 0.3) is 22.6 Å². The van der Waals surface area contributed by atoms with E-state index in [-0.39, 0.29) is 12.4 Å². The van der Waals surface area contributed by atoms with Gasteiger partial charge in [-0.05, 0) is 37.3 Å². The summed E-state index contributed by atoms with van der Waals surface area (Å²) in [6.45, 7) is 2.02. The van der Waals surface area contributed by atoms with Gasteiger partial charge in [-0.1, -0.05) is 30.3 Å². The van der Waals surface area contributed by atoms with Crippen molar-refractivity contribution in [2.75, 3.05) is 6.61 Å². The van der Waals surface area contributed by atoms with Crippen molar-refractivity contribution in [3.63, 3.8) is 0 Å². The third kappa shape index (κ3) is 3.16. The molecule has 0 N–H and O–H groups in total. The van der Waals surface area contributed by atoms with Crippen molar-refractivity contribution in [2.45, 2.75) is 6.92 Å². The predicted molar refractivity (Wildman–Crippen MR) is 85.5 cm³/mol. The Kier molecular flexibility index (Phi) is 4.24. The molecule has 0 radical (unpaired) electrons. The number of carbonyl (C=O) groups is 1. The van der Waals surface area contributed by atoms with E-state index in [4.69, 9.17) is 9.15 Å². The molecule has 0 aliphatic rings. The number of hydrogen-bond acceptors (Lipinski definition) is 3. The van der Waals surface area contributed by atoms with E-state index in [1.54, 1.807) is 25.1 Å². The summed E-state index contributed by atoms with van der Waals surface area (Å²) >= 11 is 0. The van der Waals surface area contributed by atoms with Crippen LogP contribution >= 0.6 is 0 Å². The Morgan fingerprint density at radius 1 is 1.04 bits per heavy atom. The molecule has 0 saturated carbocycles. The molecule has 4 heteroatoms. The number of halogens is 1. The number of rotatable bonds is 4. The Hall–Kier alpha value is -2.88. The minimum atomic E-state index is -0.460. The lowest BCUT2D eigenvalue weighted by Gasteiger charge is -2.02. The van der Waals surface area contributed by atoms with Gasteiger partial charge < -0.3 is 9.15 Å². The average Bonchev–Trinajstić information content (AvgIpc) is 3.02. The zero-order valence-corrected chi connectivity index (χ0v) is 12.6. The fourth-order valence-corrected chi connectivity index (χ4v) is 2.31. The van der Waals surface area contributed by atoms with Gasteiger partial charge in [0.15, 0.2) is 0 Å². The molecule has 1 aromatic heterocycles. The standard InChI is InChI=1S/C19H15FO3/c1-2-22-19(21)16-12-17(13-6-4-3-5-7-13)23-18(16)14-8-10-15(20)11-9-14/h3-12H,2H2,1H3. The van der Waals surface area contributed by atoms with Crippen LogP contribution in [-0.2, 0) is 4.74 Å². The monoisotopic (exact) mass is 310 g/mol. The second-order valence-corrected chi connectivity index (χ2v) is 4.95. The fourth-order valence-electron chi connectivity index (χ4n) is 2.31. The highest BCUT2D eigenvalue weighted by Gasteiger charge is 2.21. The van der Waals surface area contributed by atoms with Crippen LogP contribution in [0, 0.1) is 5.82 Å². The molecule has 0 atom stereocenters. The number of carbonyl (C=O) groups excluding carboxylic acids is 1. The van der Waals surface area contributed by atoms with Gasteiger partial charge in [-0.15, -0.1) is 0 Å². The summed E-state index contributed by atoms with van der Waals surface area (Å²) in [4.78, 5) is 12.2. The van der Waals surface area contributed by atoms with E-state index in [0.29, 0.717) is 22.6 Å². The quantitative estimate of drug-likeness (QED) is 0.641. The van der Waals surface area contributed by atoms with Crippen molar-refractivity contribution in [1.82, 2.24) is 0 Å². The van der Waals surface area contributed by atoms with E-state index in [1.165, 1.54) is 12.1 Å². The maximum absolute atomic E-state index is 13.1. The van der Waals surface area contributed by atoms with Crippen LogP contribution in [-0.4, -0.2) is 12.6 Å². The van der Waals surface area contributed by atoms with E-state index in [2.05, 4.69) is 0 Å². The number of hydrogen-bond donors (Lipinski definition) is 0. The Bertz CT molecular complexity index is 804. The SMILES string of the molecule is CCOC(=O)c1cc(-c2ccccc2)oc1-c1ccc(F)cc1. The van der Waals surface area contributed by atoms with Crippen LogP contribution in [0.4, 0.5) is 4.39 Å². The van der Waals surface area contributed by atoms with Crippen LogP contribution in [0.15, 0.2) is 65.1 Å². The highest BCUT2D eigenvalue weighted by Crippen LogP contribution is 2.33. The molecule has 116 valence electrons. The molecule has 0 saturated heterocycles. The van der Waals surface area contributed by atoms with Crippen LogP contribution in [0.5, 0.6) is 0 Å². The molecular formula is C19H15FO3. The molecule has 0 bridgehead atoms. The summed E-state index contributed by atoms with van der Waals surface area (Å²) in [6, 6.07) is 16.9. The minimum Gasteiger partial charge on any atom is -0.462 e. The minimum absolute atomic E-state index is 0.271. The Morgan fingerprint density at radius 2 is 1.74 bits per heavy atom. The Labute approximate surface area is 133 Å². The molecule has 0 aliphatic carbocycles. The number of benzene rings is 2. The molecular weight excluding hydrogens is 295 g/mol. The van der Waals surface area contributed by atoms with E-state index >= 15 is 0 Å². The Morgan fingerprint density at radius 3 is 2.39 bits per heavy atom. The van der Waals surface area contributed by atoms with E-state index in [9.17, 15) is 9.18 Å². The van der Waals surface area contributed by atoms with Gasteiger partial charge in [0.2, 0.25) is 0 Å². The maximum atomic E-state index is 13.1. The largest absolute Gasteiger partial charge is 0.462 e. The first-order valence-electron chi connectivity index (χ1n) is 7.31. The molecule has 0 aliphatic heterocycles. The van der Waals surface area contributed by atoms with Gasteiger partial charge in [-0.2, -0.15) is 0 Å². The van der Waals surface area contributed by atoms with Crippen LogP contribution < -0.4 is 0 Å². The first-order valence-corrected chi connectivity index (χ1v) is 7.31. The molecule has 0 amide bonds. The molecule has 3 nitrogen and oxygen atoms in total. The third-order valence-electron chi connectivity index (χ3n) is 3.39. The number of ether oxygens (including phenoxy) is 1. The summed E-state index contributed by atoms with van der Waals surface area (Å²) in [7, 11) is 0. The molecule has 23 heavy (non-hydrogen) atoms. The summed E-state index contributed by atoms with van der Waals surface area (Å²) in [5.41, 5.74) is 1.81. The van der Waals surface area contributed by atoms with Gasteiger partial charge in [0, 0.05) is 11.1 Å². The zero-order chi connectivity index (χ0) is 16.2. The highest BCUT2D eigenvalue weighted by molar-refractivity contribution is 5.97. The van der Waals surface area contributed by atoms with Crippen molar-refractivity contribution in [3.8, 4) is 22.6 Å². The van der Waals surface area contributed by atoms with E-state index < -0.39 is 5.97 Å². The van der Waals surface area contributed by atoms with Crippen molar-refractivity contribution in [2.24, 2.45) is 0 Å². The first-order chi connectivity index (χ1) is 11.2. The van der Waals surface area contributed by atoms with Gasteiger partial charge in [0.1, 0.15) is 22.9 Å². The van der Waals surface area contributed by atoms with Crippen molar-refractivity contribution < 1.29 is 18.3 Å². The first kappa shape index (κ1) is 15.0. The zero-order valence-electron chi connectivity index (χ0n) is 12.6. The Balaban J connectivity index is 2.10. The third-order valence-corrected chi connectivity index (χ3v) is 3.39. The molecule has 3 rings (SSSR count). The lowest BCUT2D eigenvalue weighted by atomic mass is 10.1.